The van der Waals surface area contributed by atoms with Gasteiger partial charge in [-0.05, 0) is 43.7 Å². The summed E-state index contributed by atoms with van der Waals surface area (Å²) in [5.41, 5.74) is 4.31. The topological polar surface area (TPSA) is 67.9 Å². The average molecular weight is 417 g/mol. The molecule has 0 amide bonds. The summed E-state index contributed by atoms with van der Waals surface area (Å²) in [4.78, 5) is 29.1. The molecule has 1 aromatic rings. The van der Waals surface area contributed by atoms with Crippen LogP contribution in [-0.2, 0) is 25.6 Å². The zero-order valence-electron chi connectivity index (χ0n) is 17.1. The Kier molecular flexibility index (Phi) is 6.18. The van der Waals surface area contributed by atoms with Gasteiger partial charge in [-0.25, -0.2) is 4.79 Å². The zero-order chi connectivity index (χ0) is 20.4. The zero-order valence-corrected chi connectivity index (χ0v) is 17.9. The number of nitrogens with one attached hydrogen (secondary N) is 1. The summed E-state index contributed by atoms with van der Waals surface area (Å²) in [7, 11) is 0. The van der Waals surface area contributed by atoms with Crippen LogP contribution in [0.3, 0.4) is 0 Å². The second kappa shape index (κ2) is 8.81. The van der Waals surface area contributed by atoms with Crippen molar-refractivity contribution < 1.29 is 19.1 Å². The van der Waals surface area contributed by atoms with Crippen molar-refractivity contribution in [3.63, 3.8) is 0 Å². The molecule has 0 spiro atoms. The third-order valence-electron chi connectivity index (χ3n) is 5.74. The number of rotatable bonds is 5. The number of nitrogens with zero attached hydrogens (tertiary/aromatic N) is 1. The first-order chi connectivity index (χ1) is 14.1. The predicted molar refractivity (Wildman–Crippen MR) is 112 cm³/mol. The molecule has 1 aliphatic carbocycles. The first-order valence-corrected chi connectivity index (χ1v) is 11.2. The summed E-state index contributed by atoms with van der Waals surface area (Å²) in [5.74, 6) is -0.529. The van der Waals surface area contributed by atoms with Gasteiger partial charge >= 0.3 is 5.97 Å². The molecule has 0 bridgehead atoms. The highest BCUT2D eigenvalue weighted by Crippen LogP contribution is 2.44. The molecule has 4 rings (SSSR count). The van der Waals surface area contributed by atoms with Crippen molar-refractivity contribution in [3.05, 3.63) is 44.4 Å². The van der Waals surface area contributed by atoms with Crippen molar-refractivity contribution >= 4 is 23.1 Å². The Morgan fingerprint density at radius 2 is 2.14 bits per heavy atom. The van der Waals surface area contributed by atoms with Gasteiger partial charge in [0.1, 0.15) is 0 Å². The van der Waals surface area contributed by atoms with Gasteiger partial charge in [-0.3, -0.25) is 9.69 Å². The van der Waals surface area contributed by atoms with E-state index in [0.29, 0.717) is 18.6 Å². The van der Waals surface area contributed by atoms with E-state index in [1.54, 1.807) is 18.3 Å². The molecule has 1 aromatic heterocycles. The number of ether oxygens (including phenoxy) is 2. The number of hydrogen-bond donors (Lipinski definition) is 1. The van der Waals surface area contributed by atoms with Gasteiger partial charge in [-0.2, -0.15) is 0 Å². The van der Waals surface area contributed by atoms with Crippen molar-refractivity contribution in [2.24, 2.45) is 0 Å². The molecule has 2 aliphatic heterocycles. The van der Waals surface area contributed by atoms with Gasteiger partial charge in [0.15, 0.2) is 5.78 Å². The third kappa shape index (κ3) is 4.17. The highest BCUT2D eigenvalue weighted by molar-refractivity contribution is 7.10. The Labute approximate surface area is 175 Å². The van der Waals surface area contributed by atoms with Gasteiger partial charge in [0, 0.05) is 47.9 Å². The van der Waals surface area contributed by atoms with E-state index in [9.17, 15) is 9.59 Å². The lowest BCUT2D eigenvalue weighted by atomic mass is 9.78. The summed E-state index contributed by atoms with van der Waals surface area (Å²) in [6.45, 7) is 8.29. The molecule has 1 saturated heterocycles. The molecule has 29 heavy (non-hydrogen) atoms. The lowest BCUT2D eigenvalue weighted by molar-refractivity contribution is -0.138. The first-order valence-electron chi connectivity index (χ1n) is 10.4. The fraction of sp³-hybridized carbons (Fsp3) is 0.545. The SMILES string of the molecule is CCOC(=O)C1=C(C)NC2=C(C(=O)CCC2)C1c1cc(CN2CCOCC2)cs1. The molecule has 156 valence electrons. The Balaban J connectivity index is 1.68. The minimum absolute atomic E-state index is 0.140. The summed E-state index contributed by atoms with van der Waals surface area (Å²) >= 11 is 1.63. The maximum atomic E-state index is 12.9. The molecule has 1 atom stereocenters. The highest BCUT2D eigenvalue weighted by atomic mass is 32.1. The van der Waals surface area contributed by atoms with Gasteiger partial charge in [-0.15, -0.1) is 11.3 Å². The Morgan fingerprint density at radius 3 is 2.90 bits per heavy atom. The van der Waals surface area contributed by atoms with Crippen molar-refractivity contribution in [2.45, 2.75) is 45.6 Å². The van der Waals surface area contributed by atoms with Crippen molar-refractivity contribution in [2.75, 3.05) is 32.9 Å². The second-order valence-corrected chi connectivity index (χ2v) is 8.67. The van der Waals surface area contributed by atoms with Crippen LogP contribution in [0.15, 0.2) is 34.0 Å². The van der Waals surface area contributed by atoms with E-state index in [1.165, 1.54) is 5.56 Å². The molecule has 1 fully saturated rings. The van der Waals surface area contributed by atoms with Gasteiger partial charge in [0.2, 0.25) is 0 Å². The fourth-order valence-corrected chi connectivity index (χ4v) is 5.41. The molecule has 1 N–H and O–H groups in total. The molecular weight excluding hydrogens is 388 g/mol. The lowest BCUT2D eigenvalue weighted by Gasteiger charge is -2.33. The van der Waals surface area contributed by atoms with E-state index in [-0.39, 0.29) is 17.7 Å². The number of allylic oxidation sites excluding steroid dienone is 3. The van der Waals surface area contributed by atoms with Gasteiger partial charge in [0.05, 0.1) is 31.3 Å². The van der Waals surface area contributed by atoms with Crippen LogP contribution < -0.4 is 5.32 Å². The molecule has 6 nitrogen and oxygen atoms in total. The quantitative estimate of drug-likeness (QED) is 0.744. The van der Waals surface area contributed by atoms with Crippen molar-refractivity contribution in [1.82, 2.24) is 10.2 Å². The number of ketones is 1. The average Bonchev–Trinajstić information content (AvgIpc) is 3.16. The van der Waals surface area contributed by atoms with E-state index in [1.807, 2.05) is 6.92 Å². The van der Waals surface area contributed by atoms with Crippen molar-refractivity contribution in [1.29, 1.82) is 0 Å². The summed E-state index contributed by atoms with van der Waals surface area (Å²) in [6, 6.07) is 2.16. The Hall–Kier alpha value is -1.96. The van der Waals surface area contributed by atoms with Crippen LogP contribution in [-0.4, -0.2) is 49.6 Å². The minimum Gasteiger partial charge on any atom is -0.463 e. The van der Waals surface area contributed by atoms with E-state index in [4.69, 9.17) is 9.47 Å². The number of thiophene rings is 1. The molecule has 0 radical (unpaired) electrons. The number of morpholine rings is 1. The normalized spacial score (nSPS) is 23.1. The molecule has 1 unspecified atom stereocenters. The highest BCUT2D eigenvalue weighted by Gasteiger charge is 2.39. The second-order valence-electron chi connectivity index (χ2n) is 7.73. The lowest BCUT2D eigenvalue weighted by Crippen LogP contribution is -2.35. The molecule has 0 aromatic carbocycles. The van der Waals surface area contributed by atoms with Gasteiger partial charge < -0.3 is 14.8 Å². The van der Waals surface area contributed by atoms with Crippen LogP contribution in [0.4, 0.5) is 0 Å². The molecule has 0 saturated carbocycles. The van der Waals surface area contributed by atoms with Gasteiger partial charge in [-0.1, -0.05) is 0 Å². The third-order valence-corrected chi connectivity index (χ3v) is 6.79. The van der Waals surface area contributed by atoms with Crippen LogP contribution in [0.25, 0.3) is 0 Å². The van der Waals surface area contributed by atoms with Crippen LogP contribution in [0.1, 0.15) is 49.5 Å². The maximum absolute atomic E-state index is 12.9. The van der Waals surface area contributed by atoms with E-state index in [2.05, 4.69) is 21.7 Å². The van der Waals surface area contributed by atoms with Crippen molar-refractivity contribution in [3.8, 4) is 0 Å². The molecule has 3 heterocycles. The summed E-state index contributed by atoms with van der Waals surface area (Å²) < 4.78 is 10.8. The van der Waals surface area contributed by atoms with Crippen LogP contribution >= 0.6 is 11.3 Å². The fourth-order valence-electron chi connectivity index (χ4n) is 4.39. The van der Waals surface area contributed by atoms with Crippen LogP contribution in [0, 0.1) is 0 Å². The summed E-state index contributed by atoms with van der Waals surface area (Å²) in [5, 5.41) is 5.48. The minimum atomic E-state index is -0.337. The number of carbonyl (C=O) groups is 2. The predicted octanol–water partition coefficient (Wildman–Crippen LogP) is 3.11. The molecule has 3 aliphatic rings. The number of dihydropyridines is 1. The molecule has 7 heteroatoms. The van der Waals surface area contributed by atoms with E-state index in [0.717, 1.165) is 67.5 Å². The molecular formula is C22H28N2O4S. The van der Waals surface area contributed by atoms with E-state index >= 15 is 0 Å². The maximum Gasteiger partial charge on any atom is 0.336 e. The Morgan fingerprint density at radius 1 is 1.34 bits per heavy atom. The smallest absolute Gasteiger partial charge is 0.336 e. The largest absolute Gasteiger partial charge is 0.463 e. The first kappa shape index (κ1) is 20.3. The standard InChI is InChI=1S/C22H28N2O4S/c1-3-28-22(26)19-14(2)23-16-5-4-6-17(25)20(16)21(19)18-11-15(13-29-18)12-24-7-9-27-10-8-24/h11,13,21,23H,3-10,12H2,1-2H3. The Bertz CT molecular complexity index is 864. The number of carbonyl (C=O) groups excluding carboxylic acids is 2. The number of Topliss-reactive ketones (excluding diaryl/α,β-unsaturated/α-hetero) is 1. The number of hydrogen-bond acceptors (Lipinski definition) is 7. The van der Waals surface area contributed by atoms with Crippen LogP contribution in [0.2, 0.25) is 0 Å². The number of esters is 1. The monoisotopic (exact) mass is 416 g/mol. The van der Waals surface area contributed by atoms with E-state index < -0.39 is 0 Å². The van der Waals surface area contributed by atoms with Gasteiger partial charge in [0.25, 0.3) is 0 Å². The summed E-state index contributed by atoms with van der Waals surface area (Å²) in [6.07, 6.45) is 2.24. The van der Waals surface area contributed by atoms with Crippen LogP contribution in [0.5, 0.6) is 0 Å².